The number of carbonyl (C=O) groups is 2. The summed E-state index contributed by atoms with van der Waals surface area (Å²) >= 11 is 0. The van der Waals surface area contributed by atoms with E-state index in [-0.39, 0.29) is 11.9 Å². The third-order valence-electron chi connectivity index (χ3n) is 5.17. The number of ether oxygens (including phenoxy) is 1. The van der Waals surface area contributed by atoms with Crippen LogP contribution >= 0.6 is 0 Å². The van der Waals surface area contributed by atoms with Gasteiger partial charge in [0.1, 0.15) is 11.4 Å². The van der Waals surface area contributed by atoms with E-state index >= 15 is 0 Å². The molecular formula is C18H22N5O3+. The van der Waals surface area contributed by atoms with E-state index in [1.807, 2.05) is 28.8 Å². The van der Waals surface area contributed by atoms with Crippen LogP contribution in [-0.4, -0.2) is 78.4 Å². The summed E-state index contributed by atoms with van der Waals surface area (Å²) in [5.74, 6) is 1.81. The molecule has 1 unspecified atom stereocenters. The van der Waals surface area contributed by atoms with Gasteiger partial charge in [-0.15, -0.1) is 0 Å². The zero-order valence-corrected chi connectivity index (χ0v) is 15.2. The summed E-state index contributed by atoms with van der Waals surface area (Å²) < 4.78 is 7.26. The molecule has 1 fully saturated rings. The fourth-order valence-electron chi connectivity index (χ4n) is 3.69. The number of guanidine groups is 1. The van der Waals surface area contributed by atoms with Crippen LogP contribution in [0.1, 0.15) is 12.8 Å². The Morgan fingerprint density at radius 2 is 1.85 bits per heavy atom. The third kappa shape index (κ3) is 2.36. The Bertz CT molecular complexity index is 830. The molecule has 4 rings (SSSR count). The van der Waals surface area contributed by atoms with Gasteiger partial charge in [-0.05, 0) is 37.1 Å². The first-order valence-corrected chi connectivity index (χ1v) is 8.72. The Labute approximate surface area is 152 Å². The molecule has 0 bridgehead atoms. The van der Waals surface area contributed by atoms with Crippen LogP contribution in [0.25, 0.3) is 0 Å². The van der Waals surface area contributed by atoms with Gasteiger partial charge in [0, 0.05) is 14.1 Å². The highest BCUT2D eigenvalue weighted by Gasteiger charge is 2.52. The first-order chi connectivity index (χ1) is 12.5. The SMILES string of the molecule is COc1ccc(N2CCCC[N+]3=C2N=C2C3C(=O)N(C)C(=O)N2C)cc1. The number of urea groups is 1. The number of nitrogens with zero attached hydrogens (tertiary/aromatic N) is 5. The number of rotatable bonds is 2. The van der Waals surface area contributed by atoms with Gasteiger partial charge in [-0.1, -0.05) is 4.99 Å². The van der Waals surface area contributed by atoms with Crippen LogP contribution in [0.15, 0.2) is 29.3 Å². The molecule has 3 amide bonds. The minimum atomic E-state index is -0.531. The van der Waals surface area contributed by atoms with E-state index in [0.717, 1.165) is 43.3 Å². The number of aliphatic imine (C=N–C) groups is 1. The van der Waals surface area contributed by atoms with Crippen molar-refractivity contribution >= 4 is 29.4 Å². The summed E-state index contributed by atoms with van der Waals surface area (Å²) in [6.45, 7) is 1.55. The van der Waals surface area contributed by atoms with E-state index in [1.165, 1.54) is 16.8 Å². The molecule has 8 heteroatoms. The van der Waals surface area contributed by atoms with Crippen molar-refractivity contribution in [3.8, 4) is 5.75 Å². The van der Waals surface area contributed by atoms with Crippen LogP contribution in [0.4, 0.5) is 10.5 Å². The van der Waals surface area contributed by atoms with Gasteiger partial charge in [-0.3, -0.25) is 14.6 Å². The predicted octanol–water partition coefficient (Wildman–Crippen LogP) is 0.968. The number of methoxy groups -OCH3 is 1. The molecule has 26 heavy (non-hydrogen) atoms. The maximum Gasteiger partial charge on any atom is 0.397 e. The van der Waals surface area contributed by atoms with Crippen molar-refractivity contribution in [1.82, 2.24) is 9.80 Å². The number of benzene rings is 1. The van der Waals surface area contributed by atoms with E-state index in [2.05, 4.69) is 4.90 Å². The molecule has 1 aromatic rings. The molecule has 8 nitrogen and oxygen atoms in total. The number of amides is 3. The zero-order valence-electron chi connectivity index (χ0n) is 15.2. The standard InChI is InChI=1S/C18H22N5O3/c1-20-15-14(16(24)21(2)18(20)25)23-11-5-4-10-22(17(23)19-15)12-6-8-13(26-3)9-7-12/h6-9,14H,4-5,10-11H2,1-3H3/q+1. The Balaban J connectivity index is 1.78. The molecular weight excluding hydrogens is 334 g/mol. The molecule has 3 aliphatic heterocycles. The fraction of sp³-hybridized carbons (Fsp3) is 0.444. The number of imide groups is 1. The van der Waals surface area contributed by atoms with Crippen LogP contribution in [0.3, 0.4) is 0 Å². The smallest absolute Gasteiger partial charge is 0.397 e. The quantitative estimate of drug-likeness (QED) is 0.741. The molecule has 0 N–H and O–H groups in total. The van der Waals surface area contributed by atoms with Crippen molar-refractivity contribution in [2.24, 2.45) is 4.99 Å². The van der Waals surface area contributed by atoms with Gasteiger partial charge in [0.05, 0.1) is 20.2 Å². The van der Waals surface area contributed by atoms with Crippen molar-refractivity contribution < 1.29 is 18.9 Å². The zero-order chi connectivity index (χ0) is 18.4. The number of amidine groups is 1. The summed E-state index contributed by atoms with van der Waals surface area (Å²) in [6, 6.07) is 6.92. The minimum absolute atomic E-state index is 0.224. The molecule has 0 aliphatic carbocycles. The predicted molar refractivity (Wildman–Crippen MR) is 96.9 cm³/mol. The molecule has 3 aliphatic rings. The summed E-state index contributed by atoms with van der Waals surface area (Å²) in [6.07, 6.45) is 1.96. The van der Waals surface area contributed by atoms with Crippen LogP contribution in [0, 0.1) is 0 Å². The van der Waals surface area contributed by atoms with Crippen molar-refractivity contribution in [3.05, 3.63) is 24.3 Å². The third-order valence-corrected chi connectivity index (χ3v) is 5.17. The number of hydrogen-bond donors (Lipinski definition) is 0. The van der Waals surface area contributed by atoms with Gasteiger partial charge in [-0.25, -0.2) is 14.3 Å². The second kappa shape index (κ2) is 6.12. The molecule has 0 aromatic heterocycles. The largest absolute Gasteiger partial charge is 0.497 e. The van der Waals surface area contributed by atoms with Gasteiger partial charge in [0.25, 0.3) is 5.91 Å². The Morgan fingerprint density at radius 1 is 1.12 bits per heavy atom. The van der Waals surface area contributed by atoms with Crippen LogP contribution in [0.5, 0.6) is 5.75 Å². The first-order valence-electron chi connectivity index (χ1n) is 8.72. The van der Waals surface area contributed by atoms with Crippen molar-refractivity contribution in [3.63, 3.8) is 0 Å². The van der Waals surface area contributed by atoms with Gasteiger partial charge in [-0.2, -0.15) is 0 Å². The fourth-order valence-corrected chi connectivity index (χ4v) is 3.69. The summed E-state index contributed by atoms with van der Waals surface area (Å²) in [4.78, 5) is 34.5. The van der Waals surface area contributed by atoms with Crippen molar-refractivity contribution in [2.45, 2.75) is 18.9 Å². The highest BCUT2D eigenvalue weighted by Crippen LogP contribution is 2.26. The number of carbonyl (C=O) groups excluding carboxylic acids is 2. The van der Waals surface area contributed by atoms with E-state index in [4.69, 9.17) is 9.73 Å². The van der Waals surface area contributed by atoms with E-state index in [9.17, 15) is 9.59 Å². The average molecular weight is 356 g/mol. The lowest BCUT2D eigenvalue weighted by Crippen LogP contribution is -2.61. The van der Waals surface area contributed by atoms with E-state index in [1.54, 1.807) is 14.2 Å². The van der Waals surface area contributed by atoms with Gasteiger partial charge in [0.2, 0.25) is 11.9 Å². The second-order valence-corrected chi connectivity index (χ2v) is 6.66. The first kappa shape index (κ1) is 16.6. The highest BCUT2D eigenvalue weighted by atomic mass is 16.5. The van der Waals surface area contributed by atoms with E-state index < -0.39 is 6.04 Å². The number of anilines is 1. The Kier molecular flexibility index (Phi) is 3.90. The van der Waals surface area contributed by atoms with Crippen LogP contribution in [0.2, 0.25) is 0 Å². The lowest BCUT2D eigenvalue weighted by Gasteiger charge is -2.31. The van der Waals surface area contributed by atoms with Crippen molar-refractivity contribution in [2.75, 3.05) is 39.2 Å². The van der Waals surface area contributed by atoms with Gasteiger partial charge < -0.3 is 4.74 Å². The molecule has 1 aromatic carbocycles. The average Bonchev–Trinajstić information content (AvgIpc) is 2.92. The maximum absolute atomic E-state index is 12.8. The second-order valence-electron chi connectivity index (χ2n) is 6.66. The molecule has 1 saturated heterocycles. The van der Waals surface area contributed by atoms with Gasteiger partial charge >= 0.3 is 12.0 Å². The summed E-state index contributed by atoms with van der Waals surface area (Å²) in [7, 11) is 4.83. The maximum atomic E-state index is 12.8. The topological polar surface area (TPSA) is 68.5 Å². The molecule has 0 radical (unpaired) electrons. The lowest BCUT2D eigenvalue weighted by atomic mass is 10.1. The Morgan fingerprint density at radius 3 is 2.54 bits per heavy atom. The summed E-state index contributed by atoms with van der Waals surface area (Å²) in [5, 5.41) is 0. The normalized spacial score (nSPS) is 23.0. The summed E-state index contributed by atoms with van der Waals surface area (Å²) in [5.41, 5.74) is 0.991. The van der Waals surface area contributed by atoms with Crippen molar-refractivity contribution in [1.29, 1.82) is 0 Å². The molecule has 1 atom stereocenters. The number of hydrogen-bond acceptors (Lipinski definition) is 5. The van der Waals surface area contributed by atoms with Gasteiger partial charge in [0.15, 0.2) is 0 Å². The monoisotopic (exact) mass is 356 g/mol. The highest BCUT2D eigenvalue weighted by molar-refractivity contribution is 6.23. The van der Waals surface area contributed by atoms with Crippen LogP contribution in [-0.2, 0) is 4.79 Å². The molecule has 136 valence electrons. The molecule has 0 saturated carbocycles. The molecule has 0 spiro atoms. The Hall–Kier alpha value is -2.90. The lowest BCUT2D eigenvalue weighted by molar-refractivity contribution is -0.535. The van der Waals surface area contributed by atoms with E-state index in [0.29, 0.717) is 5.84 Å². The molecule has 3 heterocycles. The number of likely N-dealkylation sites (N-methyl/N-ethyl adjacent to an activating group) is 2. The number of fused-ring (bicyclic) bond motifs is 2. The van der Waals surface area contributed by atoms with Crippen LogP contribution < -0.4 is 9.64 Å². The minimum Gasteiger partial charge on any atom is -0.497 e.